The van der Waals surface area contributed by atoms with E-state index in [9.17, 15) is 5.11 Å². The number of rotatable bonds is 2. The molecular formula is C10H12Cl2N2O. The standard InChI is InChI=1S/C10H12Cl2N2O/c11-8-3-7(4-9(12)10(8)15)14-6-1-2-13-5-6/h3-4,6,13-15H,1-2,5H2. The number of halogens is 2. The van der Waals surface area contributed by atoms with Gasteiger partial charge < -0.3 is 15.7 Å². The van der Waals surface area contributed by atoms with E-state index in [-0.39, 0.29) is 15.8 Å². The lowest BCUT2D eigenvalue weighted by molar-refractivity contribution is 0.476. The number of phenols is 1. The fourth-order valence-corrected chi connectivity index (χ4v) is 2.15. The SMILES string of the molecule is Oc1c(Cl)cc(NC2CCNC2)cc1Cl. The Morgan fingerprint density at radius 3 is 2.53 bits per heavy atom. The third kappa shape index (κ3) is 2.48. The van der Waals surface area contributed by atoms with E-state index < -0.39 is 0 Å². The molecule has 0 radical (unpaired) electrons. The summed E-state index contributed by atoms with van der Waals surface area (Å²) < 4.78 is 0. The van der Waals surface area contributed by atoms with Crippen molar-refractivity contribution in [3.63, 3.8) is 0 Å². The van der Waals surface area contributed by atoms with Gasteiger partial charge in [0, 0.05) is 18.3 Å². The first-order valence-electron chi connectivity index (χ1n) is 4.82. The van der Waals surface area contributed by atoms with Crippen LogP contribution in [0.2, 0.25) is 10.0 Å². The highest BCUT2D eigenvalue weighted by Gasteiger charge is 2.15. The molecule has 0 aromatic heterocycles. The minimum Gasteiger partial charge on any atom is -0.505 e. The predicted molar refractivity (Wildman–Crippen MR) is 63.0 cm³/mol. The molecule has 15 heavy (non-hydrogen) atoms. The number of nitrogens with one attached hydrogen (secondary N) is 2. The summed E-state index contributed by atoms with van der Waals surface area (Å²) in [5, 5.41) is 16.5. The summed E-state index contributed by atoms with van der Waals surface area (Å²) in [5.74, 6) is -0.0616. The van der Waals surface area contributed by atoms with Crippen molar-refractivity contribution in [2.24, 2.45) is 0 Å². The van der Waals surface area contributed by atoms with Gasteiger partial charge in [-0.1, -0.05) is 23.2 Å². The van der Waals surface area contributed by atoms with Crippen LogP contribution in [0.4, 0.5) is 5.69 Å². The normalized spacial score (nSPS) is 20.5. The Balaban J connectivity index is 2.14. The maximum Gasteiger partial charge on any atom is 0.152 e. The second-order valence-corrected chi connectivity index (χ2v) is 4.44. The van der Waals surface area contributed by atoms with Gasteiger partial charge in [0.1, 0.15) is 0 Å². The van der Waals surface area contributed by atoms with Gasteiger partial charge in [-0.25, -0.2) is 0 Å². The monoisotopic (exact) mass is 246 g/mol. The molecule has 1 aliphatic rings. The predicted octanol–water partition coefficient (Wildman–Crippen LogP) is 2.47. The molecule has 3 N–H and O–H groups in total. The Kier molecular flexibility index (Phi) is 3.24. The van der Waals surface area contributed by atoms with E-state index in [1.54, 1.807) is 12.1 Å². The number of phenolic OH excluding ortho intramolecular Hbond substituents is 1. The number of aromatic hydroxyl groups is 1. The minimum absolute atomic E-state index is 0.0616. The highest BCUT2D eigenvalue weighted by Crippen LogP contribution is 2.34. The minimum atomic E-state index is -0.0616. The van der Waals surface area contributed by atoms with Gasteiger partial charge in [-0.05, 0) is 25.1 Å². The quantitative estimate of drug-likeness (QED) is 0.703. The van der Waals surface area contributed by atoms with Crippen LogP contribution in [0.5, 0.6) is 5.75 Å². The van der Waals surface area contributed by atoms with Crippen molar-refractivity contribution in [1.82, 2.24) is 5.32 Å². The maximum absolute atomic E-state index is 9.39. The van der Waals surface area contributed by atoms with Gasteiger partial charge in [0.2, 0.25) is 0 Å². The number of hydrogen-bond donors (Lipinski definition) is 3. The van der Waals surface area contributed by atoms with E-state index >= 15 is 0 Å². The lowest BCUT2D eigenvalue weighted by Crippen LogP contribution is -2.21. The van der Waals surface area contributed by atoms with Crippen LogP contribution in [0.15, 0.2) is 12.1 Å². The van der Waals surface area contributed by atoms with E-state index in [4.69, 9.17) is 23.2 Å². The molecule has 1 aromatic carbocycles. The van der Waals surface area contributed by atoms with Crippen molar-refractivity contribution in [1.29, 1.82) is 0 Å². The largest absolute Gasteiger partial charge is 0.505 e. The van der Waals surface area contributed by atoms with E-state index in [2.05, 4.69) is 10.6 Å². The van der Waals surface area contributed by atoms with Gasteiger partial charge in [0.15, 0.2) is 5.75 Å². The molecule has 3 nitrogen and oxygen atoms in total. The fraction of sp³-hybridized carbons (Fsp3) is 0.400. The van der Waals surface area contributed by atoms with Gasteiger partial charge in [0.25, 0.3) is 0 Å². The molecule has 1 aliphatic heterocycles. The second kappa shape index (κ2) is 4.47. The molecule has 0 saturated carbocycles. The van der Waals surface area contributed by atoms with Crippen molar-refractivity contribution < 1.29 is 5.11 Å². The molecule has 82 valence electrons. The summed E-state index contributed by atoms with van der Waals surface area (Å²) in [6, 6.07) is 3.77. The topological polar surface area (TPSA) is 44.3 Å². The first-order chi connectivity index (χ1) is 7.16. The number of anilines is 1. The van der Waals surface area contributed by atoms with Crippen LogP contribution < -0.4 is 10.6 Å². The van der Waals surface area contributed by atoms with E-state index in [0.29, 0.717) is 6.04 Å². The van der Waals surface area contributed by atoms with Crippen LogP contribution >= 0.6 is 23.2 Å². The maximum atomic E-state index is 9.39. The molecule has 5 heteroatoms. The van der Waals surface area contributed by atoms with E-state index in [1.807, 2.05) is 0 Å². The Bertz CT molecular complexity index is 341. The lowest BCUT2D eigenvalue weighted by atomic mass is 10.2. The van der Waals surface area contributed by atoms with Crippen molar-refractivity contribution in [3.8, 4) is 5.75 Å². The molecule has 0 aliphatic carbocycles. The van der Waals surface area contributed by atoms with Gasteiger partial charge >= 0.3 is 0 Å². The molecular weight excluding hydrogens is 235 g/mol. The lowest BCUT2D eigenvalue weighted by Gasteiger charge is -2.14. The Hall–Kier alpha value is -0.640. The van der Waals surface area contributed by atoms with E-state index in [0.717, 1.165) is 25.2 Å². The molecule has 1 fully saturated rings. The molecule has 0 spiro atoms. The summed E-state index contributed by atoms with van der Waals surface area (Å²) in [5.41, 5.74) is 0.844. The average Bonchev–Trinajstić information content (AvgIpc) is 2.66. The Morgan fingerprint density at radius 1 is 1.33 bits per heavy atom. The van der Waals surface area contributed by atoms with Crippen LogP contribution in [-0.2, 0) is 0 Å². The zero-order chi connectivity index (χ0) is 10.8. The van der Waals surface area contributed by atoms with Crippen LogP contribution in [0.3, 0.4) is 0 Å². The van der Waals surface area contributed by atoms with Crippen molar-refractivity contribution in [2.45, 2.75) is 12.5 Å². The molecule has 1 aromatic rings. The first-order valence-corrected chi connectivity index (χ1v) is 5.57. The van der Waals surface area contributed by atoms with Gasteiger partial charge in [-0.2, -0.15) is 0 Å². The number of benzene rings is 1. The van der Waals surface area contributed by atoms with Crippen molar-refractivity contribution >= 4 is 28.9 Å². The van der Waals surface area contributed by atoms with Crippen LogP contribution in [-0.4, -0.2) is 24.2 Å². The third-order valence-electron chi connectivity index (χ3n) is 2.45. The smallest absolute Gasteiger partial charge is 0.152 e. The van der Waals surface area contributed by atoms with Crippen LogP contribution in [0.25, 0.3) is 0 Å². The third-order valence-corrected chi connectivity index (χ3v) is 3.02. The summed E-state index contributed by atoms with van der Waals surface area (Å²) >= 11 is 11.6. The second-order valence-electron chi connectivity index (χ2n) is 3.62. The van der Waals surface area contributed by atoms with E-state index in [1.165, 1.54) is 0 Å². The zero-order valence-corrected chi connectivity index (χ0v) is 9.57. The van der Waals surface area contributed by atoms with Gasteiger partial charge in [0.05, 0.1) is 10.0 Å². The zero-order valence-electron chi connectivity index (χ0n) is 8.06. The molecule has 1 heterocycles. The molecule has 1 saturated heterocycles. The van der Waals surface area contributed by atoms with Gasteiger partial charge in [-0.3, -0.25) is 0 Å². The Labute approximate surface area is 98.4 Å². The van der Waals surface area contributed by atoms with Crippen molar-refractivity contribution in [2.75, 3.05) is 18.4 Å². The summed E-state index contributed by atoms with van der Waals surface area (Å²) in [4.78, 5) is 0. The fourth-order valence-electron chi connectivity index (χ4n) is 1.66. The number of hydrogen-bond acceptors (Lipinski definition) is 3. The summed E-state index contributed by atoms with van der Waals surface area (Å²) in [6.45, 7) is 1.97. The van der Waals surface area contributed by atoms with Gasteiger partial charge in [-0.15, -0.1) is 0 Å². The first kappa shape index (κ1) is 10.9. The molecule has 0 bridgehead atoms. The molecule has 0 amide bonds. The molecule has 1 atom stereocenters. The highest BCUT2D eigenvalue weighted by atomic mass is 35.5. The molecule has 2 rings (SSSR count). The highest BCUT2D eigenvalue weighted by molar-refractivity contribution is 6.37. The summed E-state index contributed by atoms with van der Waals surface area (Å²) in [6.07, 6.45) is 1.08. The van der Waals surface area contributed by atoms with Crippen molar-refractivity contribution in [3.05, 3.63) is 22.2 Å². The van der Waals surface area contributed by atoms with Crippen LogP contribution in [0, 0.1) is 0 Å². The summed E-state index contributed by atoms with van der Waals surface area (Å²) in [7, 11) is 0. The van der Waals surface area contributed by atoms with Crippen LogP contribution in [0.1, 0.15) is 6.42 Å². The Morgan fingerprint density at radius 2 is 2.00 bits per heavy atom. The molecule has 1 unspecified atom stereocenters. The average molecular weight is 247 g/mol.